The van der Waals surface area contributed by atoms with Crippen LogP contribution in [0.4, 0.5) is 14.5 Å². The second kappa shape index (κ2) is 12.7. The van der Waals surface area contributed by atoms with Crippen molar-refractivity contribution in [3.05, 3.63) is 64.7 Å². The molecule has 1 saturated carbocycles. The van der Waals surface area contributed by atoms with E-state index in [0.717, 1.165) is 48.4 Å². The van der Waals surface area contributed by atoms with Crippen LogP contribution in [-0.2, 0) is 26.2 Å². The molecular formula is C26H32ClF2N3O4S. The van der Waals surface area contributed by atoms with Crippen molar-refractivity contribution < 1.29 is 26.8 Å². The molecule has 2 aromatic rings. The van der Waals surface area contributed by atoms with Gasteiger partial charge in [-0.2, -0.15) is 0 Å². The number of sulfonamides is 1. The number of carbonyl (C=O) groups is 2. The number of halogens is 3. The van der Waals surface area contributed by atoms with Crippen LogP contribution in [0.25, 0.3) is 0 Å². The van der Waals surface area contributed by atoms with Crippen LogP contribution in [-0.4, -0.2) is 50.0 Å². The van der Waals surface area contributed by atoms with E-state index in [1.807, 2.05) is 0 Å². The van der Waals surface area contributed by atoms with Gasteiger partial charge in [0.2, 0.25) is 21.8 Å². The van der Waals surface area contributed by atoms with Crippen molar-refractivity contribution >= 4 is 39.1 Å². The minimum Gasteiger partial charge on any atom is -0.352 e. The third-order valence-corrected chi connectivity index (χ3v) is 8.07. The highest BCUT2D eigenvalue weighted by Crippen LogP contribution is 2.23. The van der Waals surface area contributed by atoms with E-state index < -0.39 is 27.7 Å². The molecule has 2 amide bonds. The van der Waals surface area contributed by atoms with Crippen LogP contribution in [0.15, 0.2) is 42.5 Å². The van der Waals surface area contributed by atoms with Crippen molar-refractivity contribution in [2.75, 3.05) is 17.1 Å². The molecule has 1 aliphatic rings. The number of hydrogen-bond donors (Lipinski definition) is 1. The Morgan fingerprint density at radius 2 is 1.78 bits per heavy atom. The van der Waals surface area contributed by atoms with Gasteiger partial charge in [0.05, 0.1) is 11.9 Å². The molecule has 37 heavy (non-hydrogen) atoms. The van der Waals surface area contributed by atoms with Gasteiger partial charge in [0.15, 0.2) is 11.6 Å². The SMILES string of the molecule is C[C@@H](C(=O)NC1CCCC1)N(Cc1ccccc1Cl)C(=O)CCCN(c1ccc(F)c(F)c1)S(C)(=O)=O. The fraction of sp³-hybridized carbons (Fsp3) is 0.462. The summed E-state index contributed by atoms with van der Waals surface area (Å²) in [7, 11) is -3.83. The number of nitrogens with zero attached hydrogens (tertiary/aromatic N) is 2. The van der Waals surface area contributed by atoms with Gasteiger partial charge in [0, 0.05) is 36.6 Å². The first-order valence-electron chi connectivity index (χ1n) is 12.2. The first kappa shape index (κ1) is 28.8. The van der Waals surface area contributed by atoms with Crippen LogP contribution >= 0.6 is 11.6 Å². The van der Waals surface area contributed by atoms with Crippen LogP contribution in [0.5, 0.6) is 0 Å². The third-order valence-electron chi connectivity index (χ3n) is 6.51. The lowest BCUT2D eigenvalue weighted by Gasteiger charge is -2.30. The van der Waals surface area contributed by atoms with Crippen molar-refractivity contribution in [2.45, 2.75) is 64.1 Å². The van der Waals surface area contributed by atoms with E-state index in [2.05, 4.69) is 5.32 Å². The molecule has 7 nitrogen and oxygen atoms in total. The van der Waals surface area contributed by atoms with Gasteiger partial charge in [-0.05, 0) is 49.9 Å². The number of hydrogen-bond acceptors (Lipinski definition) is 4. The molecule has 1 fully saturated rings. The van der Waals surface area contributed by atoms with E-state index in [-0.39, 0.29) is 49.5 Å². The van der Waals surface area contributed by atoms with E-state index >= 15 is 0 Å². The van der Waals surface area contributed by atoms with Gasteiger partial charge < -0.3 is 10.2 Å². The quantitative estimate of drug-likeness (QED) is 0.437. The van der Waals surface area contributed by atoms with Crippen molar-refractivity contribution in [1.29, 1.82) is 0 Å². The van der Waals surface area contributed by atoms with E-state index in [1.165, 1.54) is 11.0 Å². The fourth-order valence-corrected chi connectivity index (χ4v) is 5.58. The average molecular weight is 556 g/mol. The number of rotatable bonds is 11. The first-order chi connectivity index (χ1) is 17.5. The summed E-state index contributed by atoms with van der Waals surface area (Å²) in [5, 5.41) is 3.48. The number of benzene rings is 2. The van der Waals surface area contributed by atoms with Gasteiger partial charge in [-0.25, -0.2) is 17.2 Å². The van der Waals surface area contributed by atoms with E-state index in [1.54, 1.807) is 31.2 Å². The smallest absolute Gasteiger partial charge is 0.242 e. The van der Waals surface area contributed by atoms with E-state index in [4.69, 9.17) is 11.6 Å². The molecule has 0 aromatic heterocycles. The molecule has 11 heteroatoms. The number of carbonyl (C=O) groups excluding carboxylic acids is 2. The van der Waals surface area contributed by atoms with Gasteiger partial charge >= 0.3 is 0 Å². The highest BCUT2D eigenvalue weighted by Gasteiger charge is 2.29. The molecule has 1 atom stereocenters. The van der Waals surface area contributed by atoms with Gasteiger partial charge in [-0.1, -0.05) is 42.6 Å². The zero-order chi connectivity index (χ0) is 27.2. The number of anilines is 1. The van der Waals surface area contributed by atoms with Gasteiger partial charge in [0.1, 0.15) is 6.04 Å². The molecule has 0 bridgehead atoms. The van der Waals surface area contributed by atoms with E-state index in [9.17, 15) is 26.8 Å². The Labute approximate surface area is 221 Å². The summed E-state index contributed by atoms with van der Waals surface area (Å²) < 4.78 is 52.7. The highest BCUT2D eigenvalue weighted by atomic mass is 35.5. The zero-order valence-electron chi connectivity index (χ0n) is 20.9. The third kappa shape index (κ3) is 7.88. The number of amides is 2. The maximum atomic E-state index is 13.7. The molecule has 1 aliphatic carbocycles. The molecule has 0 saturated heterocycles. The minimum absolute atomic E-state index is 0.0360. The lowest BCUT2D eigenvalue weighted by atomic mass is 10.1. The Hall–Kier alpha value is -2.72. The Kier molecular flexibility index (Phi) is 9.89. The molecule has 202 valence electrons. The molecule has 0 aliphatic heterocycles. The zero-order valence-corrected chi connectivity index (χ0v) is 22.5. The fourth-order valence-electron chi connectivity index (χ4n) is 4.43. The Morgan fingerprint density at radius 3 is 2.41 bits per heavy atom. The minimum atomic E-state index is -3.83. The van der Waals surface area contributed by atoms with Crippen molar-refractivity contribution in [1.82, 2.24) is 10.2 Å². The summed E-state index contributed by atoms with van der Waals surface area (Å²) in [5.74, 6) is -2.87. The molecule has 0 unspecified atom stereocenters. The monoisotopic (exact) mass is 555 g/mol. The summed E-state index contributed by atoms with van der Waals surface area (Å²) >= 11 is 6.31. The number of nitrogens with one attached hydrogen (secondary N) is 1. The summed E-state index contributed by atoms with van der Waals surface area (Å²) in [5.41, 5.74) is 0.642. The molecule has 0 radical (unpaired) electrons. The molecule has 0 heterocycles. The second-order valence-corrected chi connectivity index (χ2v) is 11.6. The Morgan fingerprint density at radius 1 is 1.11 bits per heavy atom. The maximum Gasteiger partial charge on any atom is 0.242 e. The largest absolute Gasteiger partial charge is 0.352 e. The Bertz CT molecular complexity index is 1220. The summed E-state index contributed by atoms with van der Waals surface area (Å²) in [6.45, 7) is 1.64. The predicted octanol–water partition coefficient (Wildman–Crippen LogP) is 4.64. The van der Waals surface area contributed by atoms with Gasteiger partial charge in [0.25, 0.3) is 0 Å². The van der Waals surface area contributed by atoms with Crippen LogP contribution < -0.4 is 9.62 Å². The summed E-state index contributed by atoms with van der Waals surface area (Å²) in [6, 6.07) is 9.17. The van der Waals surface area contributed by atoms with Crippen molar-refractivity contribution in [3.8, 4) is 0 Å². The van der Waals surface area contributed by atoms with Crippen LogP contribution in [0, 0.1) is 11.6 Å². The lowest BCUT2D eigenvalue weighted by molar-refractivity contribution is -0.140. The summed E-state index contributed by atoms with van der Waals surface area (Å²) in [4.78, 5) is 27.8. The summed E-state index contributed by atoms with van der Waals surface area (Å²) in [6.07, 6.45) is 4.90. The molecule has 1 N–H and O–H groups in total. The lowest BCUT2D eigenvalue weighted by Crippen LogP contribution is -2.49. The standard InChI is InChI=1S/C26H32ClF2N3O4S/c1-18(26(34)30-20-9-4-5-10-20)31(17-19-8-3-6-11-22(19)27)25(33)12-7-15-32(37(2,35)36)21-13-14-23(28)24(29)16-21/h3,6,8,11,13-14,16,18,20H,4-5,7,9-10,12,15,17H2,1-2H3,(H,30,34)/t18-/m0/s1. The van der Waals surface area contributed by atoms with Crippen LogP contribution in [0.3, 0.4) is 0 Å². The predicted molar refractivity (Wildman–Crippen MR) is 140 cm³/mol. The topological polar surface area (TPSA) is 86.8 Å². The van der Waals surface area contributed by atoms with E-state index in [0.29, 0.717) is 10.6 Å². The van der Waals surface area contributed by atoms with Gasteiger partial charge in [-0.3, -0.25) is 13.9 Å². The first-order valence-corrected chi connectivity index (χ1v) is 14.5. The second-order valence-electron chi connectivity index (χ2n) is 9.32. The van der Waals surface area contributed by atoms with Crippen molar-refractivity contribution in [2.24, 2.45) is 0 Å². The van der Waals surface area contributed by atoms with Crippen molar-refractivity contribution in [3.63, 3.8) is 0 Å². The molecule has 2 aromatic carbocycles. The Balaban J connectivity index is 1.73. The molecule has 3 rings (SSSR count). The molecule has 0 spiro atoms. The van der Waals surface area contributed by atoms with Crippen LogP contribution in [0.2, 0.25) is 5.02 Å². The highest BCUT2D eigenvalue weighted by molar-refractivity contribution is 7.92. The van der Waals surface area contributed by atoms with Crippen LogP contribution in [0.1, 0.15) is 51.0 Å². The van der Waals surface area contributed by atoms with Gasteiger partial charge in [-0.15, -0.1) is 0 Å². The average Bonchev–Trinajstić information content (AvgIpc) is 3.35. The maximum absolute atomic E-state index is 13.7. The normalized spacial score (nSPS) is 14.8. The molecular weight excluding hydrogens is 524 g/mol.